The molecule has 0 unspecified atom stereocenters. The zero-order valence-corrected chi connectivity index (χ0v) is 12.4. The van der Waals surface area contributed by atoms with E-state index in [1.807, 2.05) is 30.5 Å². The highest BCUT2D eigenvalue weighted by Crippen LogP contribution is 2.31. The molecule has 2 rings (SSSR count). The Labute approximate surface area is 119 Å². The first-order chi connectivity index (χ1) is 8.54. The molecule has 0 fully saturated rings. The van der Waals surface area contributed by atoms with Crippen LogP contribution in [0.5, 0.6) is 0 Å². The minimum absolute atomic E-state index is 0.129. The predicted octanol–water partition coefficient (Wildman–Crippen LogP) is 3.43. The van der Waals surface area contributed by atoms with Gasteiger partial charge in [-0.2, -0.15) is 0 Å². The Bertz CT molecular complexity index is 568. The highest BCUT2D eigenvalue weighted by Gasteiger charge is 2.17. The molecule has 18 heavy (non-hydrogen) atoms. The first-order valence-corrected chi connectivity index (χ1v) is 6.71. The molecule has 0 amide bonds. The van der Waals surface area contributed by atoms with Gasteiger partial charge in [-0.05, 0) is 48.0 Å². The number of aromatic nitrogens is 3. The average molecular weight is 331 g/mol. The van der Waals surface area contributed by atoms with Crippen LogP contribution in [0.15, 0.2) is 22.7 Å². The molecule has 1 N–H and O–H groups in total. The summed E-state index contributed by atoms with van der Waals surface area (Å²) in [6, 6.07) is 5.67. The Kier molecular flexibility index (Phi) is 4.04. The van der Waals surface area contributed by atoms with Crippen molar-refractivity contribution in [3.63, 3.8) is 0 Å². The van der Waals surface area contributed by atoms with Crippen molar-refractivity contribution < 1.29 is 5.11 Å². The van der Waals surface area contributed by atoms with Crippen LogP contribution in [0.2, 0.25) is 5.02 Å². The summed E-state index contributed by atoms with van der Waals surface area (Å²) in [7, 11) is 0. The minimum atomic E-state index is -0.129. The molecule has 4 nitrogen and oxygen atoms in total. The van der Waals surface area contributed by atoms with Gasteiger partial charge in [0.2, 0.25) is 0 Å². The molecule has 1 aromatic carbocycles. The van der Waals surface area contributed by atoms with Gasteiger partial charge in [0.25, 0.3) is 0 Å². The van der Waals surface area contributed by atoms with E-state index in [2.05, 4.69) is 26.1 Å². The minimum Gasteiger partial charge on any atom is -0.388 e. The zero-order valence-electron chi connectivity index (χ0n) is 10.1. The third-order valence-corrected chi connectivity index (χ3v) is 3.49. The Morgan fingerprint density at radius 3 is 2.67 bits per heavy atom. The van der Waals surface area contributed by atoms with Gasteiger partial charge in [0.15, 0.2) is 11.6 Å². The van der Waals surface area contributed by atoms with E-state index in [0.717, 1.165) is 15.9 Å². The summed E-state index contributed by atoms with van der Waals surface area (Å²) < 4.78 is 2.77. The second kappa shape index (κ2) is 5.38. The molecule has 96 valence electrons. The van der Waals surface area contributed by atoms with Gasteiger partial charge < -0.3 is 9.67 Å². The molecule has 0 aliphatic heterocycles. The number of hydrogen-bond donors (Lipinski definition) is 1. The van der Waals surface area contributed by atoms with Gasteiger partial charge in [0.05, 0.1) is 0 Å². The monoisotopic (exact) mass is 329 g/mol. The Morgan fingerprint density at radius 2 is 2.11 bits per heavy atom. The van der Waals surface area contributed by atoms with Crippen LogP contribution in [0.4, 0.5) is 0 Å². The number of rotatable bonds is 3. The summed E-state index contributed by atoms with van der Waals surface area (Å²) in [5.41, 5.74) is 0.903. The first-order valence-electron chi connectivity index (χ1n) is 5.54. The maximum absolute atomic E-state index is 9.28. The van der Waals surface area contributed by atoms with E-state index >= 15 is 0 Å². The van der Waals surface area contributed by atoms with E-state index in [1.54, 1.807) is 6.07 Å². The molecule has 0 radical (unpaired) electrons. The van der Waals surface area contributed by atoms with E-state index in [4.69, 9.17) is 11.6 Å². The van der Waals surface area contributed by atoms with Gasteiger partial charge in [-0.15, -0.1) is 10.2 Å². The van der Waals surface area contributed by atoms with Crippen LogP contribution in [0.1, 0.15) is 25.7 Å². The van der Waals surface area contributed by atoms with Gasteiger partial charge in [0, 0.05) is 21.1 Å². The lowest BCUT2D eigenvalue weighted by Crippen LogP contribution is -2.08. The summed E-state index contributed by atoms with van der Waals surface area (Å²) in [6.07, 6.45) is 0. The van der Waals surface area contributed by atoms with Crippen LogP contribution in [-0.2, 0) is 6.61 Å². The molecular formula is C12H13BrClN3O. The number of nitrogens with zero attached hydrogens (tertiary/aromatic N) is 3. The molecule has 0 saturated heterocycles. The van der Waals surface area contributed by atoms with Crippen molar-refractivity contribution in [2.24, 2.45) is 0 Å². The van der Waals surface area contributed by atoms with Gasteiger partial charge in [-0.1, -0.05) is 11.6 Å². The standard InChI is InChI=1S/C12H13BrClN3O/c1-7(2)17-11(6-18)15-16-12(17)9-4-3-8(14)5-10(9)13/h3-5,7,18H,6H2,1-2H3. The van der Waals surface area contributed by atoms with E-state index in [1.165, 1.54) is 0 Å². The Morgan fingerprint density at radius 1 is 1.39 bits per heavy atom. The van der Waals surface area contributed by atoms with Crippen molar-refractivity contribution in [3.05, 3.63) is 33.5 Å². The zero-order chi connectivity index (χ0) is 13.3. The van der Waals surface area contributed by atoms with Crippen LogP contribution >= 0.6 is 27.5 Å². The van der Waals surface area contributed by atoms with Crippen LogP contribution in [-0.4, -0.2) is 19.9 Å². The summed E-state index contributed by atoms with van der Waals surface area (Å²) in [5.74, 6) is 1.28. The molecular weight excluding hydrogens is 318 g/mol. The average Bonchev–Trinajstić information content (AvgIpc) is 2.72. The van der Waals surface area contributed by atoms with E-state index < -0.39 is 0 Å². The highest BCUT2D eigenvalue weighted by atomic mass is 79.9. The van der Waals surface area contributed by atoms with E-state index in [0.29, 0.717) is 10.8 Å². The van der Waals surface area contributed by atoms with Gasteiger partial charge in [-0.3, -0.25) is 0 Å². The van der Waals surface area contributed by atoms with Crippen molar-refractivity contribution in [3.8, 4) is 11.4 Å². The third kappa shape index (κ3) is 2.43. The topological polar surface area (TPSA) is 50.9 Å². The number of aliphatic hydroxyl groups is 1. The second-order valence-corrected chi connectivity index (χ2v) is 5.48. The fourth-order valence-electron chi connectivity index (χ4n) is 1.83. The van der Waals surface area contributed by atoms with Crippen molar-refractivity contribution in [1.29, 1.82) is 0 Å². The first kappa shape index (κ1) is 13.5. The molecule has 1 heterocycles. The molecule has 0 spiro atoms. The SMILES string of the molecule is CC(C)n1c(CO)nnc1-c1ccc(Cl)cc1Br. The number of hydrogen-bond acceptors (Lipinski definition) is 3. The quantitative estimate of drug-likeness (QED) is 0.938. The molecule has 0 atom stereocenters. The Balaban J connectivity index is 2.60. The van der Waals surface area contributed by atoms with Crippen molar-refractivity contribution in [2.75, 3.05) is 0 Å². The van der Waals surface area contributed by atoms with E-state index in [9.17, 15) is 5.11 Å². The van der Waals surface area contributed by atoms with Crippen LogP contribution in [0.3, 0.4) is 0 Å². The van der Waals surface area contributed by atoms with Gasteiger partial charge >= 0.3 is 0 Å². The number of halogens is 2. The molecule has 0 saturated carbocycles. The van der Waals surface area contributed by atoms with Gasteiger partial charge in [0.1, 0.15) is 6.61 Å². The maximum atomic E-state index is 9.28. The smallest absolute Gasteiger partial charge is 0.165 e. The van der Waals surface area contributed by atoms with Crippen molar-refractivity contribution in [1.82, 2.24) is 14.8 Å². The van der Waals surface area contributed by atoms with Gasteiger partial charge in [-0.25, -0.2) is 0 Å². The summed E-state index contributed by atoms with van der Waals surface area (Å²) in [5, 5.41) is 18.1. The molecule has 0 aliphatic rings. The second-order valence-electron chi connectivity index (χ2n) is 4.19. The fraction of sp³-hybridized carbons (Fsp3) is 0.333. The molecule has 2 aromatic rings. The molecule has 1 aromatic heterocycles. The summed E-state index contributed by atoms with van der Waals surface area (Å²) in [6.45, 7) is 3.92. The number of benzene rings is 1. The maximum Gasteiger partial charge on any atom is 0.165 e. The normalized spacial score (nSPS) is 11.2. The summed E-state index contributed by atoms with van der Waals surface area (Å²) >= 11 is 9.40. The van der Waals surface area contributed by atoms with Crippen LogP contribution in [0, 0.1) is 0 Å². The van der Waals surface area contributed by atoms with Crippen molar-refractivity contribution in [2.45, 2.75) is 26.5 Å². The predicted molar refractivity (Wildman–Crippen MR) is 74.5 cm³/mol. The molecule has 6 heteroatoms. The number of aliphatic hydroxyl groups excluding tert-OH is 1. The third-order valence-electron chi connectivity index (χ3n) is 2.60. The van der Waals surface area contributed by atoms with Crippen molar-refractivity contribution >= 4 is 27.5 Å². The fourth-order valence-corrected chi connectivity index (χ4v) is 2.69. The van der Waals surface area contributed by atoms with Crippen LogP contribution < -0.4 is 0 Å². The molecule has 0 bridgehead atoms. The Hall–Kier alpha value is -0.910. The van der Waals surface area contributed by atoms with E-state index in [-0.39, 0.29) is 12.6 Å². The summed E-state index contributed by atoms with van der Waals surface area (Å²) in [4.78, 5) is 0. The lowest BCUT2D eigenvalue weighted by molar-refractivity contribution is 0.262. The highest BCUT2D eigenvalue weighted by molar-refractivity contribution is 9.10. The lowest BCUT2D eigenvalue weighted by Gasteiger charge is -2.14. The lowest BCUT2D eigenvalue weighted by atomic mass is 10.2. The largest absolute Gasteiger partial charge is 0.388 e. The van der Waals surface area contributed by atoms with Crippen LogP contribution in [0.25, 0.3) is 11.4 Å². The molecule has 0 aliphatic carbocycles.